The fourth-order valence-corrected chi connectivity index (χ4v) is 2.76. The number of hydrogen-bond donors (Lipinski definition) is 2. The van der Waals surface area contributed by atoms with Gasteiger partial charge in [0.2, 0.25) is 11.9 Å². The van der Waals surface area contributed by atoms with Gasteiger partial charge in [0.1, 0.15) is 5.82 Å². The molecule has 1 saturated carbocycles. The number of anilines is 2. The third-order valence-electron chi connectivity index (χ3n) is 4.36. The molecule has 2 N–H and O–H groups in total. The molecule has 2 heterocycles. The number of nitrogens with zero attached hydrogens (tertiary/aromatic N) is 3. The predicted octanol–water partition coefficient (Wildman–Crippen LogP) is 0.950. The number of hydrogen-bond acceptors (Lipinski definition) is 6. The van der Waals surface area contributed by atoms with E-state index in [9.17, 15) is 4.79 Å². The topological polar surface area (TPSA) is 79.4 Å². The van der Waals surface area contributed by atoms with Crippen LogP contribution in [-0.4, -0.2) is 55.3 Å². The lowest BCUT2D eigenvalue weighted by Gasteiger charge is -2.28. The molecule has 1 amide bonds. The van der Waals surface area contributed by atoms with Crippen molar-refractivity contribution in [3.63, 3.8) is 0 Å². The van der Waals surface area contributed by atoms with Crippen LogP contribution < -0.4 is 15.5 Å². The van der Waals surface area contributed by atoms with Crippen LogP contribution in [0.15, 0.2) is 6.07 Å². The molecule has 7 nitrogen and oxygen atoms in total. The van der Waals surface area contributed by atoms with E-state index in [2.05, 4.69) is 25.5 Å². The fraction of sp³-hybridized carbons (Fsp3) is 0.688. The monoisotopic (exact) mass is 319 g/mol. The Kier molecular flexibility index (Phi) is 5.27. The Morgan fingerprint density at radius 3 is 2.78 bits per heavy atom. The Balaban J connectivity index is 1.48. The lowest BCUT2D eigenvalue weighted by molar-refractivity contribution is -0.127. The molecule has 0 radical (unpaired) electrons. The van der Waals surface area contributed by atoms with Crippen LogP contribution in [0.1, 0.15) is 25.0 Å². The number of amides is 1. The minimum Gasteiger partial charge on any atom is -0.378 e. The zero-order valence-electron chi connectivity index (χ0n) is 13.7. The lowest BCUT2D eigenvalue weighted by atomic mass is 9.85. The number of morpholine rings is 1. The van der Waals surface area contributed by atoms with Gasteiger partial charge in [-0.1, -0.05) is 6.42 Å². The highest BCUT2D eigenvalue weighted by molar-refractivity contribution is 5.79. The van der Waals surface area contributed by atoms with Gasteiger partial charge in [0.15, 0.2) is 0 Å². The van der Waals surface area contributed by atoms with Crippen molar-refractivity contribution >= 4 is 17.7 Å². The zero-order chi connectivity index (χ0) is 16.1. The molecule has 0 unspecified atom stereocenters. The maximum atomic E-state index is 11.8. The van der Waals surface area contributed by atoms with Crippen LogP contribution in [0.4, 0.5) is 11.8 Å². The highest BCUT2D eigenvalue weighted by atomic mass is 16.5. The van der Waals surface area contributed by atoms with Crippen LogP contribution in [0.2, 0.25) is 0 Å². The minimum absolute atomic E-state index is 0.178. The smallest absolute Gasteiger partial charge is 0.224 e. The number of rotatable bonds is 6. The molecule has 0 aromatic carbocycles. The first-order chi connectivity index (χ1) is 11.2. The van der Waals surface area contributed by atoms with E-state index >= 15 is 0 Å². The summed E-state index contributed by atoms with van der Waals surface area (Å²) in [5, 5.41) is 6.16. The summed E-state index contributed by atoms with van der Waals surface area (Å²) in [6.07, 6.45) is 3.24. The molecule has 0 bridgehead atoms. The van der Waals surface area contributed by atoms with Gasteiger partial charge in [-0.2, -0.15) is 4.98 Å². The highest BCUT2D eigenvalue weighted by Crippen LogP contribution is 2.26. The molecule has 0 atom stereocenters. The van der Waals surface area contributed by atoms with Crippen molar-refractivity contribution in [2.24, 2.45) is 5.92 Å². The SMILES string of the molecule is Cc1cc(N2CCOCC2)nc(NCCNC(=O)C2CCC2)n1. The van der Waals surface area contributed by atoms with Crippen molar-refractivity contribution in [1.29, 1.82) is 0 Å². The summed E-state index contributed by atoms with van der Waals surface area (Å²) in [4.78, 5) is 23.0. The number of carbonyl (C=O) groups is 1. The Morgan fingerprint density at radius 2 is 2.09 bits per heavy atom. The van der Waals surface area contributed by atoms with E-state index in [0.717, 1.165) is 50.7 Å². The summed E-state index contributed by atoms with van der Waals surface area (Å²) in [5.41, 5.74) is 0.933. The fourth-order valence-electron chi connectivity index (χ4n) is 2.76. The van der Waals surface area contributed by atoms with E-state index in [1.165, 1.54) is 6.42 Å². The molecule has 23 heavy (non-hydrogen) atoms. The average Bonchev–Trinajstić information content (AvgIpc) is 2.50. The number of aryl methyl sites for hydroxylation is 1. The Bertz CT molecular complexity index is 541. The van der Waals surface area contributed by atoms with Crippen LogP contribution in [-0.2, 0) is 9.53 Å². The third kappa shape index (κ3) is 4.31. The van der Waals surface area contributed by atoms with Gasteiger partial charge < -0.3 is 20.3 Å². The van der Waals surface area contributed by atoms with E-state index in [1.807, 2.05) is 13.0 Å². The Labute approximate surface area is 136 Å². The van der Waals surface area contributed by atoms with Crippen molar-refractivity contribution in [1.82, 2.24) is 15.3 Å². The first-order valence-corrected chi connectivity index (χ1v) is 8.42. The summed E-state index contributed by atoms with van der Waals surface area (Å²) in [7, 11) is 0. The maximum Gasteiger partial charge on any atom is 0.224 e. The van der Waals surface area contributed by atoms with Crippen molar-refractivity contribution in [3.8, 4) is 0 Å². The summed E-state index contributed by atoms with van der Waals surface area (Å²) in [6, 6.07) is 1.99. The second-order valence-electron chi connectivity index (χ2n) is 6.14. The van der Waals surface area contributed by atoms with Crippen molar-refractivity contribution in [2.45, 2.75) is 26.2 Å². The lowest BCUT2D eigenvalue weighted by Crippen LogP contribution is -2.37. The second kappa shape index (κ2) is 7.59. The normalized spacial score (nSPS) is 18.4. The zero-order valence-corrected chi connectivity index (χ0v) is 13.7. The van der Waals surface area contributed by atoms with Crippen LogP contribution in [0.25, 0.3) is 0 Å². The van der Waals surface area contributed by atoms with E-state index in [0.29, 0.717) is 19.0 Å². The van der Waals surface area contributed by atoms with Crippen LogP contribution >= 0.6 is 0 Å². The summed E-state index contributed by atoms with van der Waals surface area (Å²) in [5.74, 6) is 1.96. The quantitative estimate of drug-likeness (QED) is 0.760. The van der Waals surface area contributed by atoms with E-state index < -0.39 is 0 Å². The minimum atomic E-state index is 0.178. The molecule has 126 valence electrons. The van der Waals surface area contributed by atoms with E-state index in [-0.39, 0.29) is 11.8 Å². The predicted molar refractivity (Wildman–Crippen MR) is 88.6 cm³/mol. The molecule has 7 heteroatoms. The Morgan fingerprint density at radius 1 is 1.30 bits per heavy atom. The average molecular weight is 319 g/mol. The molecule has 2 aliphatic rings. The molecule has 2 fully saturated rings. The third-order valence-corrected chi connectivity index (χ3v) is 4.36. The van der Waals surface area contributed by atoms with Gasteiger partial charge in [-0.05, 0) is 19.8 Å². The second-order valence-corrected chi connectivity index (χ2v) is 6.14. The molecular weight excluding hydrogens is 294 g/mol. The number of aromatic nitrogens is 2. The van der Waals surface area contributed by atoms with Crippen molar-refractivity contribution < 1.29 is 9.53 Å². The van der Waals surface area contributed by atoms with Crippen molar-refractivity contribution in [3.05, 3.63) is 11.8 Å². The molecule has 0 spiro atoms. The van der Waals surface area contributed by atoms with Crippen LogP contribution in [0.5, 0.6) is 0 Å². The van der Waals surface area contributed by atoms with Crippen LogP contribution in [0, 0.1) is 12.8 Å². The molecule has 1 aliphatic heterocycles. The number of carbonyl (C=O) groups excluding carboxylic acids is 1. The van der Waals surface area contributed by atoms with Gasteiger partial charge in [0.25, 0.3) is 0 Å². The van der Waals surface area contributed by atoms with Gasteiger partial charge in [0.05, 0.1) is 13.2 Å². The first-order valence-electron chi connectivity index (χ1n) is 8.42. The maximum absolute atomic E-state index is 11.8. The summed E-state index contributed by atoms with van der Waals surface area (Å²) < 4.78 is 5.38. The van der Waals surface area contributed by atoms with Gasteiger partial charge >= 0.3 is 0 Å². The molecule has 1 aromatic rings. The van der Waals surface area contributed by atoms with E-state index in [1.54, 1.807) is 0 Å². The Hall–Kier alpha value is -1.89. The van der Waals surface area contributed by atoms with Gasteiger partial charge in [-0.3, -0.25) is 4.79 Å². The molecule has 3 rings (SSSR count). The first kappa shape index (κ1) is 16.0. The number of ether oxygens (including phenoxy) is 1. The summed E-state index contributed by atoms with van der Waals surface area (Å²) >= 11 is 0. The van der Waals surface area contributed by atoms with Gasteiger partial charge in [-0.25, -0.2) is 4.98 Å². The van der Waals surface area contributed by atoms with Crippen LogP contribution in [0.3, 0.4) is 0 Å². The van der Waals surface area contributed by atoms with Crippen molar-refractivity contribution in [2.75, 3.05) is 49.6 Å². The molecule has 1 aromatic heterocycles. The molecule has 1 saturated heterocycles. The highest BCUT2D eigenvalue weighted by Gasteiger charge is 2.24. The van der Waals surface area contributed by atoms with E-state index in [4.69, 9.17) is 4.74 Å². The molecule has 1 aliphatic carbocycles. The number of nitrogens with one attached hydrogen (secondary N) is 2. The largest absolute Gasteiger partial charge is 0.378 e. The molecular formula is C16H25N5O2. The van der Waals surface area contributed by atoms with Gasteiger partial charge in [-0.15, -0.1) is 0 Å². The standard InChI is InChI=1S/C16H25N5O2/c1-12-11-14(21-7-9-23-10-8-21)20-16(19-12)18-6-5-17-15(22)13-3-2-4-13/h11,13H,2-10H2,1H3,(H,17,22)(H,18,19,20). The summed E-state index contributed by atoms with van der Waals surface area (Å²) in [6.45, 7) is 6.37. The van der Waals surface area contributed by atoms with Gasteiger partial charge in [0, 0.05) is 43.9 Å².